The fourth-order valence-corrected chi connectivity index (χ4v) is 4.11. The third-order valence-electron chi connectivity index (χ3n) is 5.78. The van der Waals surface area contributed by atoms with Gasteiger partial charge in [-0.2, -0.15) is 0 Å². The van der Waals surface area contributed by atoms with Crippen molar-refractivity contribution in [2.45, 2.75) is 50.1 Å². The number of unbranched alkanes of at least 4 members (excludes halogenated alkanes) is 1. The quantitative estimate of drug-likeness (QED) is 0.365. The number of carbonyl (C=O) groups is 1. The van der Waals surface area contributed by atoms with Gasteiger partial charge < -0.3 is 29.5 Å². The van der Waals surface area contributed by atoms with Crippen molar-refractivity contribution in [1.82, 2.24) is 0 Å². The largest absolute Gasteiger partial charge is 0.488 e. The number of para-hydroxylation sites is 1. The Bertz CT molecular complexity index is 740. The molecule has 3 N–H and O–H groups in total. The summed E-state index contributed by atoms with van der Waals surface area (Å²) in [5, 5.41) is 29.6. The van der Waals surface area contributed by atoms with Crippen molar-refractivity contribution in [2.24, 2.45) is 11.8 Å². The van der Waals surface area contributed by atoms with E-state index in [9.17, 15) is 15.0 Å². The SMILES string of the molecule is O=C(O)CCC/C=C\C[C@@H]1[C@@H](/C=C/C2(COc3ccccc3)OCCO2)[C@H](O)C[C@@H]1O. The van der Waals surface area contributed by atoms with Gasteiger partial charge in [0.1, 0.15) is 12.4 Å². The first-order chi connectivity index (χ1) is 15.0. The molecular weight excluding hydrogens is 400 g/mol. The number of benzene rings is 1. The lowest BCUT2D eigenvalue weighted by Crippen LogP contribution is -2.35. The average molecular weight is 433 g/mol. The molecule has 1 heterocycles. The van der Waals surface area contributed by atoms with Gasteiger partial charge in [-0.15, -0.1) is 0 Å². The molecule has 3 rings (SSSR count). The molecule has 0 spiro atoms. The number of hydrogen-bond donors (Lipinski definition) is 3. The summed E-state index contributed by atoms with van der Waals surface area (Å²) in [6.45, 7) is 1.11. The molecule has 1 aromatic rings. The summed E-state index contributed by atoms with van der Waals surface area (Å²) in [6.07, 6.45) is 8.68. The summed E-state index contributed by atoms with van der Waals surface area (Å²) in [5.74, 6) is -1.46. The van der Waals surface area contributed by atoms with Crippen molar-refractivity contribution in [1.29, 1.82) is 0 Å². The lowest BCUT2D eigenvalue weighted by Gasteiger charge is -2.26. The molecule has 2 fully saturated rings. The molecule has 1 aliphatic carbocycles. The van der Waals surface area contributed by atoms with Gasteiger partial charge in [0, 0.05) is 18.8 Å². The Morgan fingerprint density at radius 2 is 1.87 bits per heavy atom. The number of allylic oxidation sites excluding steroid dienone is 2. The van der Waals surface area contributed by atoms with Gasteiger partial charge in [-0.05, 0) is 43.4 Å². The highest BCUT2D eigenvalue weighted by Gasteiger charge is 2.41. The van der Waals surface area contributed by atoms with Crippen LogP contribution in [0.5, 0.6) is 5.75 Å². The van der Waals surface area contributed by atoms with E-state index in [0.29, 0.717) is 38.9 Å². The minimum Gasteiger partial charge on any atom is -0.488 e. The molecule has 0 aromatic heterocycles. The van der Waals surface area contributed by atoms with Crippen molar-refractivity contribution in [3.63, 3.8) is 0 Å². The van der Waals surface area contributed by atoms with E-state index in [2.05, 4.69) is 0 Å². The number of aliphatic carboxylic acids is 1. The molecule has 1 saturated carbocycles. The van der Waals surface area contributed by atoms with E-state index in [1.807, 2.05) is 48.6 Å². The van der Waals surface area contributed by atoms with E-state index >= 15 is 0 Å². The van der Waals surface area contributed by atoms with Crippen LogP contribution in [0.4, 0.5) is 0 Å². The van der Waals surface area contributed by atoms with Crippen LogP contribution in [0.15, 0.2) is 54.6 Å². The molecule has 170 valence electrons. The number of carboxylic acid groups (broad SMARTS) is 1. The first-order valence-corrected chi connectivity index (χ1v) is 10.9. The number of hydrogen-bond acceptors (Lipinski definition) is 6. The minimum atomic E-state index is -1.01. The fraction of sp³-hybridized carbons (Fsp3) is 0.542. The van der Waals surface area contributed by atoms with E-state index in [0.717, 1.165) is 5.75 Å². The van der Waals surface area contributed by atoms with Gasteiger partial charge in [0.05, 0.1) is 25.4 Å². The van der Waals surface area contributed by atoms with E-state index in [1.54, 1.807) is 6.08 Å². The Morgan fingerprint density at radius 1 is 1.13 bits per heavy atom. The number of carboxylic acids is 1. The van der Waals surface area contributed by atoms with Crippen molar-refractivity contribution >= 4 is 5.97 Å². The second kappa shape index (κ2) is 11.4. The van der Waals surface area contributed by atoms with Gasteiger partial charge in [0.2, 0.25) is 5.79 Å². The Labute approximate surface area is 182 Å². The number of aliphatic hydroxyl groups is 2. The number of aliphatic hydroxyl groups excluding tert-OH is 2. The van der Waals surface area contributed by atoms with E-state index < -0.39 is 24.0 Å². The summed E-state index contributed by atoms with van der Waals surface area (Å²) in [4.78, 5) is 10.6. The first kappa shape index (κ1) is 23.5. The summed E-state index contributed by atoms with van der Waals surface area (Å²) in [6, 6.07) is 9.43. The maximum Gasteiger partial charge on any atom is 0.303 e. The minimum absolute atomic E-state index is 0.129. The average Bonchev–Trinajstić information content (AvgIpc) is 3.32. The summed E-state index contributed by atoms with van der Waals surface area (Å²) >= 11 is 0. The number of rotatable bonds is 11. The van der Waals surface area contributed by atoms with Crippen LogP contribution >= 0.6 is 0 Å². The number of ether oxygens (including phenoxy) is 3. The third kappa shape index (κ3) is 6.90. The molecule has 31 heavy (non-hydrogen) atoms. The van der Waals surface area contributed by atoms with Crippen molar-refractivity contribution < 1.29 is 34.3 Å². The van der Waals surface area contributed by atoms with Gasteiger partial charge >= 0.3 is 5.97 Å². The lowest BCUT2D eigenvalue weighted by atomic mass is 9.89. The first-order valence-electron chi connectivity index (χ1n) is 10.9. The molecule has 1 aromatic carbocycles. The summed E-state index contributed by atoms with van der Waals surface area (Å²) in [7, 11) is 0. The molecule has 1 saturated heterocycles. The van der Waals surface area contributed by atoms with Crippen molar-refractivity contribution in [3.8, 4) is 5.75 Å². The second-order valence-electron chi connectivity index (χ2n) is 8.07. The highest BCUT2D eigenvalue weighted by Crippen LogP contribution is 2.37. The molecule has 0 unspecified atom stereocenters. The van der Waals surface area contributed by atoms with Gasteiger partial charge in [-0.3, -0.25) is 4.79 Å². The predicted molar refractivity (Wildman–Crippen MR) is 115 cm³/mol. The van der Waals surface area contributed by atoms with Gasteiger partial charge in [-0.25, -0.2) is 0 Å². The molecule has 4 atom stereocenters. The van der Waals surface area contributed by atoms with Crippen LogP contribution in [0, 0.1) is 11.8 Å². The van der Waals surface area contributed by atoms with Crippen molar-refractivity contribution in [3.05, 3.63) is 54.6 Å². The van der Waals surface area contributed by atoms with Crippen LogP contribution in [-0.2, 0) is 14.3 Å². The van der Waals surface area contributed by atoms with Crippen LogP contribution in [0.1, 0.15) is 32.1 Å². The Hall–Kier alpha value is -2.19. The maximum atomic E-state index is 10.6. The zero-order valence-corrected chi connectivity index (χ0v) is 17.6. The Morgan fingerprint density at radius 3 is 2.58 bits per heavy atom. The second-order valence-corrected chi connectivity index (χ2v) is 8.07. The predicted octanol–water partition coefficient (Wildman–Crippen LogP) is 2.92. The molecule has 0 bridgehead atoms. The monoisotopic (exact) mass is 432 g/mol. The van der Waals surface area contributed by atoms with Gasteiger partial charge in [-0.1, -0.05) is 36.4 Å². The van der Waals surface area contributed by atoms with Crippen LogP contribution < -0.4 is 4.74 Å². The smallest absolute Gasteiger partial charge is 0.303 e. The summed E-state index contributed by atoms with van der Waals surface area (Å²) < 4.78 is 17.5. The molecule has 2 aliphatic rings. The van der Waals surface area contributed by atoms with Crippen molar-refractivity contribution in [2.75, 3.05) is 19.8 Å². The normalized spacial score (nSPS) is 27.9. The van der Waals surface area contributed by atoms with E-state index in [4.69, 9.17) is 19.3 Å². The zero-order chi connectivity index (χ0) is 22.1. The Kier molecular flexibility index (Phi) is 8.66. The molecule has 0 radical (unpaired) electrons. The van der Waals surface area contributed by atoms with E-state index in [1.165, 1.54) is 0 Å². The van der Waals surface area contributed by atoms with Crippen LogP contribution in [0.3, 0.4) is 0 Å². The van der Waals surface area contributed by atoms with Gasteiger partial charge in [0.25, 0.3) is 0 Å². The van der Waals surface area contributed by atoms with Crippen LogP contribution in [-0.4, -0.2) is 59.1 Å². The van der Waals surface area contributed by atoms with Gasteiger partial charge in [0.15, 0.2) is 0 Å². The van der Waals surface area contributed by atoms with Crippen LogP contribution in [0.25, 0.3) is 0 Å². The fourth-order valence-electron chi connectivity index (χ4n) is 4.11. The molecular formula is C24H32O7. The molecule has 0 amide bonds. The third-order valence-corrected chi connectivity index (χ3v) is 5.78. The molecule has 1 aliphatic heterocycles. The lowest BCUT2D eigenvalue weighted by molar-refractivity contribution is -0.139. The molecule has 7 heteroatoms. The Balaban J connectivity index is 1.59. The van der Waals surface area contributed by atoms with Crippen LogP contribution in [0.2, 0.25) is 0 Å². The molecule has 7 nitrogen and oxygen atoms in total. The topological polar surface area (TPSA) is 105 Å². The van der Waals surface area contributed by atoms with E-state index in [-0.39, 0.29) is 24.9 Å². The maximum absolute atomic E-state index is 10.6. The highest BCUT2D eigenvalue weighted by atomic mass is 16.8. The standard InChI is InChI=1S/C24H32O7/c25-21-16-22(26)20(19(21)10-6-1-2-7-11-23(27)28)12-13-24(30-14-15-31-24)17-29-18-8-4-3-5-9-18/h1,3-6,8-9,12-13,19-22,25-26H,2,7,10-11,14-17H2,(H,27,28)/b6-1-,13-12+/t19-,20-,21+,22-/m1/s1. The zero-order valence-electron chi connectivity index (χ0n) is 17.6. The highest BCUT2D eigenvalue weighted by molar-refractivity contribution is 5.66. The summed E-state index contributed by atoms with van der Waals surface area (Å²) in [5.41, 5.74) is 0.